The highest BCUT2D eigenvalue weighted by Gasteiger charge is 2.39. The van der Waals surface area contributed by atoms with Crippen molar-refractivity contribution in [2.45, 2.75) is 71.2 Å². The SMILES string of the molecule is CN1CCC[C@H](NC(=O)CC(C)(C)C)C(=O)N2C[C@@H](OCc3ccccc3)C[C@H]2COc2cccc(c2)C1=O. The molecule has 3 atom stereocenters. The Kier molecular flexibility index (Phi) is 9.28. The molecule has 2 bridgehead atoms. The number of carbonyl (C=O) groups is 3. The number of hydrogen-bond donors (Lipinski definition) is 1. The van der Waals surface area contributed by atoms with Crippen LogP contribution in [0.1, 0.15) is 62.4 Å². The Hall–Kier alpha value is -3.39. The number of carbonyl (C=O) groups excluding carboxylic acids is 3. The number of nitrogens with zero attached hydrogens (tertiary/aromatic N) is 2. The molecule has 0 aromatic heterocycles. The zero-order chi connectivity index (χ0) is 28.0. The summed E-state index contributed by atoms with van der Waals surface area (Å²) in [6.07, 6.45) is 1.81. The van der Waals surface area contributed by atoms with E-state index >= 15 is 0 Å². The highest BCUT2D eigenvalue weighted by molar-refractivity contribution is 5.94. The van der Waals surface area contributed by atoms with Crippen LogP contribution in [0.5, 0.6) is 5.75 Å². The van der Waals surface area contributed by atoms with E-state index in [9.17, 15) is 14.4 Å². The summed E-state index contributed by atoms with van der Waals surface area (Å²) in [5, 5.41) is 3.01. The van der Waals surface area contributed by atoms with Gasteiger partial charge in [0, 0.05) is 32.1 Å². The number of amides is 3. The van der Waals surface area contributed by atoms with Crippen LogP contribution in [-0.2, 0) is 20.9 Å². The summed E-state index contributed by atoms with van der Waals surface area (Å²) in [5.41, 5.74) is 1.44. The summed E-state index contributed by atoms with van der Waals surface area (Å²) >= 11 is 0. The molecular weight excluding hydrogens is 494 g/mol. The van der Waals surface area contributed by atoms with E-state index in [1.807, 2.05) is 68.1 Å². The average Bonchev–Trinajstić information content (AvgIpc) is 3.31. The van der Waals surface area contributed by atoms with E-state index in [0.29, 0.717) is 56.7 Å². The first kappa shape index (κ1) is 28.6. The maximum Gasteiger partial charge on any atom is 0.253 e. The summed E-state index contributed by atoms with van der Waals surface area (Å²) in [6, 6.07) is 16.2. The van der Waals surface area contributed by atoms with E-state index in [0.717, 1.165) is 5.56 Å². The van der Waals surface area contributed by atoms with E-state index < -0.39 is 6.04 Å². The standard InChI is InChI=1S/C31H41N3O5/c1-31(2,3)18-28(35)32-27-14-9-15-33(4)29(36)23-12-8-13-25(16-23)39-21-24-17-26(19-34(24)30(27)37)38-20-22-10-6-5-7-11-22/h5-8,10-13,16,24,26-27H,9,14-15,17-21H2,1-4H3,(H,32,35)/t24-,26-,27-/m0/s1. The molecule has 0 unspecified atom stereocenters. The van der Waals surface area contributed by atoms with Crippen LogP contribution in [0, 0.1) is 5.41 Å². The summed E-state index contributed by atoms with van der Waals surface area (Å²) in [5.74, 6) is 0.207. The van der Waals surface area contributed by atoms with Crippen LogP contribution >= 0.6 is 0 Å². The Bertz CT molecular complexity index is 1150. The Morgan fingerprint density at radius 2 is 1.87 bits per heavy atom. The lowest BCUT2D eigenvalue weighted by Gasteiger charge is -2.30. The zero-order valence-corrected chi connectivity index (χ0v) is 23.5. The molecule has 2 aliphatic heterocycles. The Morgan fingerprint density at radius 3 is 2.62 bits per heavy atom. The highest BCUT2D eigenvalue weighted by atomic mass is 16.5. The van der Waals surface area contributed by atoms with Gasteiger partial charge in [-0.25, -0.2) is 0 Å². The molecule has 39 heavy (non-hydrogen) atoms. The van der Waals surface area contributed by atoms with Crippen LogP contribution in [0.25, 0.3) is 0 Å². The molecule has 2 heterocycles. The number of rotatable bonds is 5. The fourth-order valence-electron chi connectivity index (χ4n) is 5.16. The molecule has 0 spiro atoms. The van der Waals surface area contributed by atoms with Crippen molar-refractivity contribution < 1.29 is 23.9 Å². The molecule has 2 aromatic rings. The molecule has 8 nitrogen and oxygen atoms in total. The molecule has 1 N–H and O–H groups in total. The third kappa shape index (κ3) is 8.05. The van der Waals surface area contributed by atoms with Gasteiger partial charge < -0.3 is 24.6 Å². The fraction of sp³-hybridized carbons (Fsp3) is 0.516. The minimum Gasteiger partial charge on any atom is -0.491 e. The van der Waals surface area contributed by atoms with Crippen molar-refractivity contribution in [3.63, 3.8) is 0 Å². The van der Waals surface area contributed by atoms with Crippen LogP contribution in [0.3, 0.4) is 0 Å². The van der Waals surface area contributed by atoms with Crippen LogP contribution < -0.4 is 10.1 Å². The van der Waals surface area contributed by atoms with Gasteiger partial charge in [0.25, 0.3) is 5.91 Å². The quantitative estimate of drug-likeness (QED) is 0.625. The second kappa shape index (κ2) is 12.6. The maximum atomic E-state index is 14.0. The van der Waals surface area contributed by atoms with Crippen LogP contribution in [0.2, 0.25) is 0 Å². The number of fused-ring (bicyclic) bond motifs is 3. The molecule has 0 radical (unpaired) electrons. The zero-order valence-electron chi connectivity index (χ0n) is 23.5. The van der Waals surface area contributed by atoms with Crippen molar-refractivity contribution in [1.29, 1.82) is 0 Å². The molecule has 2 aromatic carbocycles. The molecular formula is C31H41N3O5. The molecule has 4 rings (SSSR count). The normalized spacial score (nSPS) is 22.6. The topological polar surface area (TPSA) is 88.2 Å². The summed E-state index contributed by atoms with van der Waals surface area (Å²) in [7, 11) is 1.75. The fourth-order valence-corrected chi connectivity index (χ4v) is 5.16. The minimum atomic E-state index is -0.681. The third-order valence-electron chi connectivity index (χ3n) is 7.17. The van der Waals surface area contributed by atoms with E-state index in [1.165, 1.54) is 0 Å². The first-order valence-corrected chi connectivity index (χ1v) is 13.8. The molecule has 0 saturated carbocycles. The van der Waals surface area contributed by atoms with Crippen molar-refractivity contribution >= 4 is 17.7 Å². The second-order valence-electron chi connectivity index (χ2n) is 11.9. The second-order valence-corrected chi connectivity index (χ2v) is 11.9. The lowest BCUT2D eigenvalue weighted by Crippen LogP contribution is -2.52. The number of benzene rings is 2. The molecule has 3 amide bonds. The third-order valence-corrected chi connectivity index (χ3v) is 7.17. The Morgan fingerprint density at radius 1 is 1.10 bits per heavy atom. The molecule has 1 fully saturated rings. The minimum absolute atomic E-state index is 0.103. The van der Waals surface area contributed by atoms with Crippen molar-refractivity contribution in [3.05, 3.63) is 65.7 Å². The van der Waals surface area contributed by atoms with Crippen LogP contribution in [-0.4, -0.2) is 72.5 Å². The number of ether oxygens (including phenoxy) is 2. The van der Waals surface area contributed by atoms with E-state index in [4.69, 9.17) is 9.47 Å². The first-order valence-electron chi connectivity index (χ1n) is 13.8. The smallest absolute Gasteiger partial charge is 0.253 e. The van der Waals surface area contributed by atoms with Crippen LogP contribution in [0.15, 0.2) is 54.6 Å². The van der Waals surface area contributed by atoms with Gasteiger partial charge in [-0.2, -0.15) is 0 Å². The van der Waals surface area contributed by atoms with Gasteiger partial charge in [-0.1, -0.05) is 57.2 Å². The van der Waals surface area contributed by atoms with Gasteiger partial charge >= 0.3 is 0 Å². The number of nitrogens with one attached hydrogen (secondary N) is 1. The van der Waals surface area contributed by atoms with Crippen molar-refractivity contribution in [2.75, 3.05) is 26.7 Å². The van der Waals surface area contributed by atoms with Crippen molar-refractivity contribution in [1.82, 2.24) is 15.1 Å². The van der Waals surface area contributed by atoms with Gasteiger partial charge in [0.15, 0.2) is 0 Å². The largest absolute Gasteiger partial charge is 0.491 e. The predicted molar refractivity (Wildman–Crippen MR) is 149 cm³/mol. The highest BCUT2D eigenvalue weighted by Crippen LogP contribution is 2.26. The van der Waals surface area contributed by atoms with Gasteiger partial charge in [0.1, 0.15) is 18.4 Å². The number of hydrogen-bond acceptors (Lipinski definition) is 5. The lowest BCUT2D eigenvalue weighted by molar-refractivity contribution is -0.138. The van der Waals surface area contributed by atoms with E-state index in [2.05, 4.69) is 5.32 Å². The summed E-state index contributed by atoms with van der Waals surface area (Å²) in [6.45, 7) is 7.63. The van der Waals surface area contributed by atoms with Gasteiger partial charge in [0.05, 0.1) is 18.8 Å². The molecule has 210 valence electrons. The molecule has 1 saturated heterocycles. The molecule has 8 heteroatoms. The predicted octanol–water partition coefficient (Wildman–Crippen LogP) is 4.04. The van der Waals surface area contributed by atoms with Gasteiger partial charge in [-0.05, 0) is 48.4 Å². The van der Waals surface area contributed by atoms with E-state index in [-0.39, 0.29) is 41.9 Å². The Labute approximate surface area is 231 Å². The monoisotopic (exact) mass is 535 g/mol. The maximum absolute atomic E-state index is 14.0. The first-order chi connectivity index (χ1) is 18.6. The van der Waals surface area contributed by atoms with E-state index in [1.54, 1.807) is 24.1 Å². The van der Waals surface area contributed by atoms with Gasteiger partial charge in [-0.15, -0.1) is 0 Å². The van der Waals surface area contributed by atoms with Gasteiger partial charge in [0.2, 0.25) is 11.8 Å². The van der Waals surface area contributed by atoms with Crippen molar-refractivity contribution in [3.8, 4) is 5.75 Å². The lowest BCUT2D eigenvalue weighted by atomic mass is 9.91. The van der Waals surface area contributed by atoms with Gasteiger partial charge in [-0.3, -0.25) is 14.4 Å². The van der Waals surface area contributed by atoms with Crippen molar-refractivity contribution in [2.24, 2.45) is 5.41 Å². The average molecular weight is 536 g/mol. The summed E-state index contributed by atoms with van der Waals surface area (Å²) < 4.78 is 12.4. The molecule has 2 aliphatic rings. The Balaban J connectivity index is 1.56. The summed E-state index contributed by atoms with van der Waals surface area (Å²) in [4.78, 5) is 43.3. The van der Waals surface area contributed by atoms with Crippen LogP contribution in [0.4, 0.5) is 0 Å². The molecule has 0 aliphatic carbocycles.